The largest absolute Gasteiger partial charge is 0.376 e. The minimum Gasteiger partial charge on any atom is -0.376 e. The van der Waals surface area contributed by atoms with Crippen LogP contribution in [0.25, 0.3) is 0 Å². The minimum atomic E-state index is -3.60. The average Bonchev–Trinajstić information content (AvgIpc) is 2.85. The molecule has 0 atom stereocenters. The lowest BCUT2D eigenvalue weighted by molar-refractivity contribution is -0.114. The van der Waals surface area contributed by atoms with Crippen molar-refractivity contribution in [3.63, 3.8) is 0 Å². The van der Waals surface area contributed by atoms with E-state index in [4.69, 9.17) is 0 Å². The molecule has 1 heterocycles. The van der Waals surface area contributed by atoms with Gasteiger partial charge in [-0.05, 0) is 63.4 Å². The zero-order valence-electron chi connectivity index (χ0n) is 20.1. The SMILES string of the molecule is CCN(CC)C(=O)c1ccccc1NCC(=O)Nc1cc(S(=O)(=O)N2CCCCC2)ccc1C. The number of benzene rings is 2. The number of hydrogen-bond acceptors (Lipinski definition) is 5. The second-order valence-electron chi connectivity index (χ2n) is 8.37. The summed E-state index contributed by atoms with van der Waals surface area (Å²) < 4.78 is 27.5. The predicted molar refractivity (Wildman–Crippen MR) is 135 cm³/mol. The van der Waals surface area contributed by atoms with E-state index in [2.05, 4.69) is 10.6 Å². The lowest BCUT2D eigenvalue weighted by atomic mass is 10.1. The molecule has 2 amide bonds. The van der Waals surface area contributed by atoms with E-state index in [0.717, 1.165) is 24.8 Å². The maximum atomic E-state index is 13.0. The van der Waals surface area contributed by atoms with Crippen molar-refractivity contribution < 1.29 is 18.0 Å². The van der Waals surface area contributed by atoms with E-state index in [0.29, 0.717) is 43.1 Å². The van der Waals surface area contributed by atoms with Gasteiger partial charge in [0.05, 0.1) is 17.0 Å². The number of anilines is 2. The molecule has 1 saturated heterocycles. The standard InChI is InChI=1S/C25H34N4O4S/c1-4-28(5-2)25(31)21-11-7-8-12-22(21)26-18-24(30)27-23-17-20(14-13-19(23)3)34(32,33)29-15-9-6-10-16-29/h7-8,11-14,17,26H,4-6,9-10,15-16,18H2,1-3H3,(H,27,30). The molecule has 3 rings (SSSR count). The third kappa shape index (κ3) is 5.95. The number of amides is 2. The topological polar surface area (TPSA) is 98.8 Å². The lowest BCUT2D eigenvalue weighted by Crippen LogP contribution is -2.35. The van der Waals surface area contributed by atoms with Crippen LogP contribution in [0, 0.1) is 6.92 Å². The molecule has 2 N–H and O–H groups in total. The highest BCUT2D eigenvalue weighted by Crippen LogP contribution is 2.25. The van der Waals surface area contributed by atoms with Gasteiger partial charge in [0.2, 0.25) is 15.9 Å². The van der Waals surface area contributed by atoms with Crippen LogP contribution in [0.2, 0.25) is 0 Å². The Kier molecular flexibility index (Phi) is 8.68. The van der Waals surface area contributed by atoms with E-state index < -0.39 is 10.0 Å². The average molecular weight is 487 g/mol. The third-order valence-corrected chi connectivity index (χ3v) is 7.98. The van der Waals surface area contributed by atoms with Gasteiger partial charge in [-0.25, -0.2) is 8.42 Å². The van der Waals surface area contributed by atoms with Gasteiger partial charge in [-0.1, -0.05) is 24.6 Å². The molecule has 0 bridgehead atoms. The number of aryl methyl sites for hydroxylation is 1. The van der Waals surface area contributed by atoms with Crippen LogP contribution in [0.5, 0.6) is 0 Å². The fourth-order valence-electron chi connectivity index (χ4n) is 4.03. The van der Waals surface area contributed by atoms with Crippen molar-refractivity contribution in [2.45, 2.75) is 44.9 Å². The molecule has 1 fully saturated rings. The van der Waals surface area contributed by atoms with Gasteiger partial charge in [-0.15, -0.1) is 0 Å². The number of sulfonamides is 1. The van der Waals surface area contributed by atoms with Gasteiger partial charge in [0.15, 0.2) is 0 Å². The van der Waals surface area contributed by atoms with Crippen molar-refractivity contribution in [3.05, 3.63) is 53.6 Å². The Morgan fingerprint density at radius 2 is 1.65 bits per heavy atom. The summed E-state index contributed by atoms with van der Waals surface area (Å²) in [5, 5.41) is 5.86. The zero-order chi connectivity index (χ0) is 24.7. The van der Waals surface area contributed by atoms with E-state index >= 15 is 0 Å². The quantitative estimate of drug-likeness (QED) is 0.563. The fourth-order valence-corrected chi connectivity index (χ4v) is 5.57. The molecule has 0 unspecified atom stereocenters. The molecule has 0 aromatic heterocycles. The van der Waals surface area contributed by atoms with Crippen LogP contribution in [0.1, 0.15) is 49.0 Å². The van der Waals surface area contributed by atoms with Gasteiger partial charge in [0.1, 0.15) is 0 Å². The van der Waals surface area contributed by atoms with Gasteiger partial charge in [0.25, 0.3) is 5.91 Å². The fraction of sp³-hybridized carbons (Fsp3) is 0.440. The Hall–Kier alpha value is -2.91. The molecule has 1 aliphatic heterocycles. The number of para-hydroxylation sites is 1. The van der Waals surface area contributed by atoms with Crippen LogP contribution in [0.3, 0.4) is 0 Å². The van der Waals surface area contributed by atoms with Crippen LogP contribution in [0.4, 0.5) is 11.4 Å². The van der Waals surface area contributed by atoms with Crippen LogP contribution in [0.15, 0.2) is 47.4 Å². The van der Waals surface area contributed by atoms with E-state index in [9.17, 15) is 18.0 Å². The second-order valence-corrected chi connectivity index (χ2v) is 10.3. The highest BCUT2D eigenvalue weighted by molar-refractivity contribution is 7.89. The number of hydrogen-bond donors (Lipinski definition) is 2. The Labute approximate surface area is 202 Å². The molecule has 34 heavy (non-hydrogen) atoms. The Balaban J connectivity index is 1.71. The molecule has 2 aromatic rings. The molecule has 0 aliphatic carbocycles. The predicted octanol–water partition coefficient (Wildman–Crippen LogP) is 3.70. The van der Waals surface area contributed by atoms with Gasteiger partial charge in [-0.2, -0.15) is 4.31 Å². The maximum absolute atomic E-state index is 13.0. The number of nitrogens with one attached hydrogen (secondary N) is 2. The number of nitrogens with zero attached hydrogens (tertiary/aromatic N) is 2. The van der Waals surface area contributed by atoms with E-state index in [1.54, 1.807) is 41.3 Å². The third-order valence-electron chi connectivity index (χ3n) is 6.08. The molecular formula is C25H34N4O4S. The maximum Gasteiger partial charge on any atom is 0.255 e. The summed E-state index contributed by atoms with van der Waals surface area (Å²) in [5.74, 6) is -0.430. The molecule has 9 heteroatoms. The smallest absolute Gasteiger partial charge is 0.255 e. The summed E-state index contributed by atoms with van der Waals surface area (Å²) in [6.07, 6.45) is 2.76. The molecule has 184 valence electrons. The van der Waals surface area contributed by atoms with Gasteiger partial charge >= 0.3 is 0 Å². The van der Waals surface area contributed by atoms with Gasteiger partial charge in [0, 0.05) is 37.6 Å². The summed E-state index contributed by atoms with van der Waals surface area (Å²) in [6.45, 7) is 7.84. The highest BCUT2D eigenvalue weighted by atomic mass is 32.2. The van der Waals surface area contributed by atoms with Crippen LogP contribution >= 0.6 is 0 Å². The van der Waals surface area contributed by atoms with Crippen molar-refractivity contribution in [1.82, 2.24) is 9.21 Å². The minimum absolute atomic E-state index is 0.0644. The Morgan fingerprint density at radius 3 is 2.32 bits per heavy atom. The van der Waals surface area contributed by atoms with Crippen LogP contribution in [-0.2, 0) is 14.8 Å². The molecule has 1 aliphatic rings. The van der Waals surface area contributed by atoms with Gasteiger partial charge < -0.3 is 15.5 Å². The summed E-state index contributed by atoms with van der Waals surface area (Å²) in [4.78, 5) is 27.4. The van der Waals surface area contributed by atoms with Crippen molar-refractivity contribution in [3.8, 4) is 0 Å². The first-order valence-corrected chi connectivity index (χ1v) is 13.2. The van der Waals surface area contributed by atoms with E-state index in [-0.39, 0.29) is 23.3 Å². The normalized spacial score (nSPS) is 14.4. The Morgan fingerprint density at radius 1 is 0.971 bits per heavy atom. The summed E-state index contributed by atoms with van der Waals surface area (Å²) >= 11 is 0. The number of rotatable bonds is 9. The number of carbonyl (C=O) groups is 2. The monoisotopic (exact) mass is 486 g/mol. The lowest BCUT2D eigenvalue weighted by Gasteiger charge is -2.26. The van der Waals surface area contributed by atoms with Crippen molar-refractivity contribution in [2.24, 2.45) is 0 Å². The van der Waals surface area contributed by atoms with Crippen molar-refractivity contribution in [2.75, 3.05) is 43.4 Å². The first-order chi connectivity index (χ1) is 16.3. The molecular weight excluding hydrogens is 452 g/mol. The first-order valence-electron chi connectivity index (χ1n) is 11.8. The van der Waals surface area contributed by atoms with Gasteiger partial charge in [-0.3, -0.25) is 9.59 Å². The Bertz CT molecular complexity index is 1120. The highest BCUT2D eigenvalue weighted by Gasteiger charge is 2.26. The molecule has 0 spiro atoms. The van der Waals surface area contributed by atoms with Crippen molar-refractivity contribution in [1.29, 1.82) is 0 Å². The molecule has 0 saturated carbocycles. The van der Waals surface area contributed by atoms with Crippen molar-refractivity contribution >= 4 is 33.2 Å². The molecule has 8 nitrogen and oxygen atoms in total. The second kappa shape index (κ2) is 11.5. The summed E-state index contributed by atoms with van der Waals surface area (Å²) in [5.41, 5.74) is 2.30. The number of piperidine rings is 1. The first kappa shape index (κ1) is 25.7. The van der Waals surface area contributed by atoms with E-state index in [1.165, 1.54) is 10.4 Å². The number of carbonyl (C=O) groups excluding carboxylic acids is 2. The summed E-state index contributed by atoms with van der Waals surface area (Å²) in [6, 6.07) is 11.9. The van der Waals surface area contributed by atoms with Crippen LogP contribution < -0.4 is 10.6 Å². The van der Waals surface area contributed by atoms with Crippen LogP contribution in [-0.4, -0.2) is 62.2 Å². The summed E-state index contributed by atoms with van der Waals surface area (Å²) in [7, 11) is -3.60. The molecule has 0 radical (unpaired) electrons. The zero-order valence-corrected chi connectivity index (χ0v) is 21.0. The van der Waals surface area contributed by atoms with E-state index in [1.807, 2.05) is 20.8 Å². The molecule has 2 aromatic carbocycles.